The third kappa shape index (κ3) is 4.17. The fourth-order valence-electron chi connectivity index (χ4n) is 2.23. The van der Waals surface area contributed by atoms with Crippen molar-refractivity contribution in [1.29, 1.82) is 0 Å². The molecule has 0 saturated heterocycles. The second kappa shape index (κ2) is 6.66. The van der Waals surface area contributed by atoms with Crippen LogP contribution < -0.4 is 11.3 Å². The molecule has 0 aliphatic heterocycles. The molecule has 0 aliphatic rings. The monoisotopic (exact) mass is 288 g/mol. The van der Waals surface area contributed by atoms with Crippen molar-refractivity contribution in [2.75, 3.05) is 11.5 Å². The Bertz CT molecular complexity index is 629. The Morgan fingerprint density at radius 2 is 1.85 bits per heavy atom. The highest BCUT2D eigenvalue weighted by atomic mass is 32.2. The van der Waals surface area contributed by atoms with Crippen LogP contribution >= 0.6 is 11.8 Å². The van der Waals surface area contributed by atoms with Crippen LogP contribution in [0.2, 0.25) is 0 Å². The Hall–Kier alpha value is -1.68. The first kappa shape index (κ1) is 14.7. The van der Waals surface area contributed by atoms with Crippen molar-refractivity contribution < 1.29 is 0 Å². The van der Waals surface area contributed by atoms with Crippen LogP contribution in [0.5, 0.6) is 0 Å². The molecule has 106 valence electrons. The molecule has 0 saturated carbocycles. The molecule has 1 heterocycles. The molecular weight excluding hydrogens is 268 g/mol. The van der Waals surface area contributed by atoms with Gasteiger partial charge in [0.05, 0.1) is 0 Å². The maximum Gasteiger partial charge on any atom is 0.250 e. The number of rotatable bonds is 5. The van der Waals surface area contributed by atoms with Crippen LogP contribution in [0, 0.1) is 13.8 Å². The molecule has 0 amide bonds. The van der Waals surface area contributed by atoms with Crippen LogP contribution in [0.3, 0.4) is 0 Å². The van der Waals surface area contributed by atoms with Gasteiger partial charge in [-0.05, 0) is 25.5 Å². The summed E-state index contributed by atoms with van der Waals surface area (Å²) in [5.74, 6) is 1.87. The Balaban J connectivity index is 1.87. The van der Waals surface area contributed by atoms with Gasteiger partial charge >= 0.3 is 0 Å². The summed E-state index contributed by atoms with van der Waals surface area (Å²) in [6.07, 6.45) is 1.71. The van der Waals surface area contributed by atoms with Crippen LogP contribution in [-0.2, 0) is 12.3 Å². The van der Waals surface area contributed by atoms with E-state index < -0.39 is 0 Å². The van der Waals surface area contributed by atoms with Gasteiger partial charge in [0.25, 0.3) is 5.56 Å². The highest BCUT2D eigenvalue weighted by Gasteiger charge is 1.99. The number of nitrogens with zero attached hydrogens (tertiary/aromatic N) is 1. The lowest BCUT2D eigenvalue weighted by Gasteiger charge is -2.07. The topological polar surface area (TPSA) is 48.0 Å². The zero-order valence-corrected chi connectivity index (χ0v) is 12.7. The average Bonchev–Trinajstić information content (AvgIpc) is 2.37. The Morgan fingerprint density at radius 1 is 1.15 bits per heavy atom. The van der Waals surface area contributed by atoms with Gasteiger partial charge in [0.2, 0.25) is 0 Å². The molecule has 4 heteroatoms. The lowest BCUT2D eigenvalue weighted by atomic mass is 10.1. The first-order valence-electron chi connectivity index (χ1n) is 6.65. The van der Waals surface area contributed by atoms with Gasteiger partial charge in [-0.2, -0.15) is 11.8 Å². The number of aryl methyl sites for hydroxylation is 3. The Morgan fingerprint density at radius 3 is 2.55 bits per heavy atom. The molecule has 1 aromatic heterocycles. The van der Waals surface area contributed by atoms with Gasteiger partial charge in [0.1, 0.15) is 0 Å². The van der Waals surface area contributed by atoms with Crippen LogP contribution in [0.1, 0.15) is 16.7 Å². The standard InChI is InChI=1S/C16H20N2OS/c1-12-7-13(2)9-14(8-12)11-20-6-5-18-10-15(17)3-4-16(18)19/h3-4,7-10H,5-6,11,17H2,1-2H3. The fraction of sp³-hybridized carbons (Fsp3) is 0.312. The molecule has 1 aromatic carbocycles. The van der Waals surface area contributed by atoms with Crippen LogP contribution in [-0.4, -0.2) is 10.3 Å². The minimum absolute atomic E-state index is 0.00574. The van der Waals surface area contributed by atoms with E-state index in [1.54, 1.807) is 16.8 Å². The van der Waals surface area contributed by atoms with Gasteiger partial charge in [-0.1, -0.05) is 29.3 Å². The molecule has 3 nitrogen and oxygen atoms in total. The molecule has 2 rings (SSSR count). The quantitative estimate of drug-likeness (QED) is 0.860. The van der Waals surface area contributed by atoms with Gasteiger partial charge in [0, 0.05) is 36.0 Å². The smallest absolute Gasteiger partial charge is 0.250 e. The summed E-state index contributed by atoms with van der Waals surface area (Å²) in [6.45, 7) is 4.93. The second-order valence-electron chi connectivity index (χ2n) is 5.04. The number of anilines is 1. The number of benzene rings is 1. The van der Waals surface area contributed by atoms with Crippen molar-refractivity contribution in [3.8, 4) is 0 Å². The number of aromatic nitrogens is 1. The summed E-state index contributed by atoms with van der Waals surface area (Å²) in [5.41, 5.74) is 10.3. The maximum absolute atomic E-state index is 11.6. The Labute approximate surface area is 123 Å². The average molecular weight is 288 g/mol. The molecule has 0 atom stereocenters. The van der Waals surface area contributed by atoms with Crippen molar-refractivity contribution in [2.24, 2.45) is 0 Å². The summed E-state index contributed by atoms with van der Waals surface area (Å²) in [5, 5.41) is 0. The Kier molecular flexibility index (Phi) is 4.90. The summed E-state index contributed by atoms with van der Waals surface area (Å²) < 4.78 is 1.67. The van der Waals surface area contributed by atoms with Crippen LogP contribution in [0.4, 0.5) is 5.69 Å². The van der Waals surface area contributed by atoms with Crippen molar-refractivity contribution in [3.63, 3.8) is 0 Å². The molecule has 0 spiro atoms. The van der Waals surface area contributed by atoms with E-state index in [4.69, 9.17) is 5.73 Å². The summed E-state index contributed by atoms with van der Waals surface area (Å²) in [7, 11) is 0. The molecular formula is C16H20N2OS. The normalized spacial score (nSPS) is 10.7. The second-order valence-corrected chi connectivity index (χ2v) is 6.15. The zero-order chi connectivity index (χ0) is 14.5. The number of nitrogen functional groups attached to an aromatic ring is 1. The van der Waals surface area contributed by atoms with E-state index >= 15 is 0 Å². The summed E-state index contributed by atoms with van der Waals surface area (Å²) in [6, 6.07) is 9.77. The predicted molar refractivity (Wildman–Crippen MR) is 87.2 cm³/mol. The van der Waals surface area contributed by atoms with Crippen molar-refractivity contribution in [2.45, 2.75) is 26.1 Å². The van der Waals surface area contributed by atoms with Gasteiger partial charge < -0.3 is 10.3 Å². The van der Waals surface area contributed by atoms with E-state index in [0.29, 0.717) is 12.2 Å². The number of pyridine rings is 1. The molecule has 0 bridgehead atoms. The highest BCUT2D eigenvalue weighted by molar-refractivity contribution is 7.98. The molecule has 0 fully saturated rings. The highest BCUT2D eigenvalue weighted by Crippen LogP contribution is 2.16. The minimum Gasteiger partial charge on any atom is -0.398 e. The lowest BCUT2D eigenvalue weighted by Crippen LogP contribution is -2.19. The van der Waals surface area contributed by atoms with Gasteiger partial charge in [-0.25, -0.2) is 0 Å². The number of hydrogen-bond donors (Lipinski definition) is 1. The molecule has 2 N–H and O–H groups in total. The van der Waals surface area contributed by atoms with Crippen molar-refractivity contribution >= 4 is 17.4 Å². The van der Waals surface area contributed by atoms with Gasteiger partial charge in [-0.15, -0.1) is 0 Å². The number of hydrogen-bond acceptors (Lipinski definition) is 3. The molecule has 0 unspecified atom stereocenters. The largest absolute Gasteiger partial charge is 0.398 e. The molecule has 0 radical (unpaired) electrons. The van der Waals surface area contributed by atoms with Gasteiger partial charge in [-0.3, -0.25) is 4.79 Å². The first-order valence-corrected chi connectivity index (χ1v) is 7.81. The first-order chi connectivity index (χ1) is 9.54. The predicted octanol–water partition coefficient (Wildman–Crippen LogP) is 2.98. The van der Waals surface area contributed by atoms with Crippen molar-refractivity contribution in [3.05, 3.63) is 63.6 Å². The van der Waals surface area contributed by atoms with E-state index in [2.05, 4.69) is 32.0 Å². The van der Waals surface area contributed by atoms with E-state index in [-0.39, 0.29) is 5.56 Å². The van der Waals surface area contributed by atoms with E-state index in [9.17, 15) is 4.79 Å². The van der Waals surface area contributed by atoms with Crippen LogP contribution in [0.25, 0.3) is 0 Å². The number of thioether (sulfide) groups is 1. The van der Waals surface area contributed by atoms with Gasteiger partial charge in [0.15, 0.2) is 0 Å². The van der Waals surface area contributed by atoms with E-state index in [0.717, 1.165) is 11.5 Å². The third-order valence-electron chi connectivity index (χ3n) is 3.03. The molecule has 20 heavy (non-hydrogen) atoms. The van der Waals surface area contributed by atoms with Crippen LogP contribution in [0.15, 0.2) is 41.3 Å². The zero-order valence-electron chi connectivity index (χ0n) is 11.9. The SMILES string of the molecule is Cc1cc(C)cc(CSCCn2cc(N)ccc2=O)c1. The fourth-order valence-corrected chi connectivity index (χ4v) is 3.10. The maximum atomic E-state index is 11.6. The number of nitrogens with two attached hydrogens (primary N) is 1. The van der Waals surface area contributed by atoms with E-state index in [1.165, 1.54) is 22.8 Å². The lowest BCUT2D eigenvalue weighted by molar-refractivity contribution is 0.737. The van der Waals surface area contributed by atoms with E-state index in [1.807, 2.05) is 11.8 Å². The third-order valence-corrected chi connectivity index (χ3v) is 4.04. The van der Waals surface area contributed by atoms with Crippen molar-refractivity contribution in [1.82, 2.24) is 4.57 Å². The summed E-state index contributed by atoms with van der Waals surface area (Å²) >= 11 is 1.83. The molecule has 2 aromatic rings. The minimum atomic E-state index is 0.00574. The summed E-state index contributed by atoms with van der Waals surface area (Å²) in [4.78, 5) is 11.6. The molecule has 0 aliphatic carbocycles.